The number of ether oxygens (including phenoxy) is 3. The van der Waals surface area contributed by atoms with Gasteiger partial charge in [-0.25, -0.2) is 0 Å². The normalized spacial score (nSPS) is 18.6. The Hall–Kier alpha value is -4.33. The van der Waals surface area contributed by atoms with E-state index in [1.807, 2.05) is 6.07 Å². The number of fused-ring (bicyclic) bond motifs is 1. The number of Topliss-reactive ketones (excluding diaryl/α,β-unsaturated/α-hetero) is 1. The summed E-state index contributed by atoms with van der Waals surface area (Å²) in [4.78, 5) is 31.7. The fourth-order valence-electron chi connectivity index (χ4n) is 4.10. The molecule has 3 heterocycles. The van der Waals surface area contributed by atoms with Crippen LogP contribution in [0.3, 0.4) is 0 Å². The third-order valence-corrected chi connectivity index (χ3v) is 5.69. The molecular weight excluding hydrogens is 424 g/mol. The average Bonchev–Trinajstić information content (AvgIpc) is 3.42. The van der Waals surface area contributed by atoms with Crippen LogP contribution in [0.25, 0.3) is 5.76 Å². The number of carbonyl (C=O) groups is 2. The number of aromatic nitrogens is 1. The van der Waals surface area contributed by atoms with Gasteiger partial charge in [0.05, 0.1) is 18.7 Å². The minimum absolute atomic E-state index is 0.0141. The Morgan fingerprint density at radius 2 is 1.88 bits per heavy atom. The first-order valence-corrected chi connectivity index (χ1v) is 10.3. The molecule has 2 aromatic carbocycles. The van der Waals surface area contributed by atoms with E-state index in [4.69, 9.17) is 14.2 Å². The molecule has 1 N–H and O–H groups in total. The molecule has 1 unspecified atom stereocenters. The van der Waals surface area contributed by atoms with Crippen LogP contribution in [-0.2, 0) is 16.1 Å². The molecule has 1 saturated heterocycles. The Morgan fingerprint density at radius 1 is 1.09 bits per heavy atom. The van der Waals surface area contributed by atoms with Crippen molar-refractivity contribution >= 4 is 17.4 Å². The first kappa shape index (κ1) is 20.6. The van der Waals surface area contributed by atoms with Gasteiger partial charge in [-0.2, -0.15) is 0 Å². The van der Waals surface area contributed by atoms with E-state index in [1.165, 1.54) is 17.3 Å². The molecule has 1 aromatic heterocycles. The standard InChI is InChI=1S/C25H20N2O6/c1-31-18-4-2-3-17(12-18)22-21(23(28)16-7-9-26-10-8-16)24(29)25(30)27(22)13-15-5-6-19-20(11-15)33-14-32-19/h2-12,22,28H,13-14H2,1H3/b23-21+. The zero-order valence-electron chi connectivity index (χ0n) is 17.7. The average molecular weight is 444 g/mol. The number of likely N-dealkylation sites (tertiary alicyclic amines) is 1. The SMILES string of the molecule is COc1cccc(C2/C(=C(\O)c3ccncc3)C(=O)C(=O)N2Cc2ccc3c(c2)OCO3)c1. The first-order valence-electron chi connectivity index (χ1n) is 10.3. The van der Waals surface area contributed by atoms with Gasteiger partial charge < -0.3 is 24.2 Å². The molecule has 1 fully saturated rings. The number of rotatable bonds is 5. The lowest BCUT2D eigenvalue weighted by Gasteiger charge is -2.26. The molecule has 8 nitrogen and oxygen atoms in total. The van der Waals surface area contributed by atoms with Crippen LogP contribution in [-0.4, -0.2) is 40.6 Å². The van der Waals surface area contributed by atoms with Crippen LogP contribution >= 0.6 is 0 Å². The quantitative estimate of drug-likeness (QED) is 0.366. The predicted molar refractivity (Wildman–Crippen MR) is 118 cm³/mol. The summed E-state index contributed by atoms with van der Waals surface area (Å²) in [5, 5.41) is 11.1. The van der Waals surface area contributed by atoms with Crippen molar-refractivity contribution in [3.8, 4) is 17.2 Å². The van der Waals surface area contributed by atoms with Gasteiger partial charge in [0.15, 0.2) is 11.5 Å². The molecule has 1 atom stereocenters. The van der Waals surface area contributed by atoms with E-state index in [2.05, 4.69) is 4.98 Å². The number of ketones is 1. The molecule has 2 aliphatic heterocycles. The number of carbonyl (C=O) groups excluding carboxylic acids is 2. The second-order valence-corrected chi connectivity index (χ2v) is 7.63. The van der Waals surface area contributed by atoms with Crippen molar-refractivity contribution < 1.29 is 28.9 Å². The van der Waals surface area contributed by atoms with Crippen LogP contribution in [0.4, 0.5) is 0 Å². The van der Waals surface area contributed by atoms with E-state index in [1.54, 1.807) is 55.6 Å². The monoisotopic (exact) mass is 444 g/mol. The van der Waals surface area contributed by atoms with Gasteiger partial charge in [-0.15, -0.1) is 0 Å². The molecule has 0 aliphatic carbocycles. The van der Waals surface area contributed by atoms with Crippen LogP contribution in [0.2, 0.25) is 0 Å². The lowest BCUT2D eigenvalue weighted by atomic mass is 9.95. The van der Waals surface area contributed by atoms with E-state index in [0.29, 0.717) is 28.4 Å². The van der Waals surface area contributed by atoms with Gasteiger partial charge >= 0.3 is 0 Å². The first-order chi connectivity index (χ1) is 16.1. The second kappa shape index (κ2) is 8.31. The maximum Gasteiger partial charge on any atom is 0.295 e. The van der Waals surface area contributed by atoms with Gasteiger partial charge in [-0.3, -0.25) is 14.6 Å². The number of aliphatic hydroxyl groups is 1. The van der Waals surface area contributed by atoms with Gasteiger partial charge in [0.1, 0.15) is 11.5 Å². The molecule has 166 valence electrons. The number of pyridine rings is 1. The number of nitrogens with zero attached hydrogens (tertiary/aromatic N) is 2. The summed E-state index contributed by atoms with van der Waals surface area (Å²) in [7, 11) is 1.54. The van der Waals surface area contributed by atoms with E-state index in [0.717, 1.165) is 5.56 Å². The third kappa shape index (κ3) is 3.65. The van der Waals surface area contributed by atoms with Gasteiger partial charge in [0, 0.05) is 24.5 Å². The molecule has 8 heteroatoms. The Morgan fingerprint density at radius 3 is 2.67 bits per heavy atom. The molecular formula is C25H20N2O6. The Labute approximate surface area is 189 Å². The highest BCUT2D eigenvalue weighted by Crippen LogP contribution is 2.42. The zero-order chi connectivity index (χ0) is 22.9. The Kier molecular flexibility index (Phi) is 5.18. The minimum atomic E-state index is -0.807. The Bertz CT molecular complexity index is 1270. The lowest BCUT2D eigenvalue weighted by molar-refractivity contribution is -0.140. The summed E-state index contributed by atoms with van der Waals surface area (Å²) in [6, 6.07) is 14.8. The minimum Gasteiger partial charge on any atom is -0.507 e. The highest BCUT2D eigenvalue weighted by molar-refractivity contribution is 6.46. The molecule has 0 radical (unpaired) electrons. The fourth-order valence-corrected chi connectivity index (χ4v) is 4.10. The summed E-state index contributed by atoms with van der Waals surface area (Å²) in [6.45, 7) is 0.273. The van der Waals surface area contributed by atoms with Gasteiger partial charge in [-0.05, 0) is 47.5 Å². The predicted octanol–water partition coefficient (Wildman–Crippen LogP) is 3.44. The van der Waals surface area contributed by atoms with Crippen molar-refractivity contribution in [3.05, 3.63) is 89.3 Å². The van der Waals surface area contributed by atoms with Crippen molar-refractivity contribution in [2.24, 2.45) is 0 Å². The largest absolute Gasteiger partial charge is 0.507 e. The van der Waals surface area contributed by atoms with E-state index in [-0.39, 0.29) is 24.7 Å². The van der Waals surface area contributed by atoms with E-state index >= 15 is 0 Å². The number of aliphatic hydroxyl groups excluding tert-OH is 1. The maximum absolute atomic E-state index is 13.2. The number of methoxy groups -OCH3 is 1. The highest BCUT2D eigenvalue weighted by atomic mass is 16.7. The van der Waals surface area contributed by atoms with Crippen molar-refractivity contribution in [1.82, 2.24) is 9.88 Å². The molecule has 3 aromatic rings. The summed E-state index contributed by atoms with van der Waals surface area (Å²) in [6.07, 6.45) is 3.02. The Balaban J connectivity index is 1.62. The zero-order valence-corrected chi connectivity index (χ0v) is 17.7. The molecule has 2 aliphatic rings. The number of amides is 1. The van der Waals surface area contributed by atoms with E-state index in [9.17, 15) is 14.7 Å². The molecule has 33 heavy (non-hydrogen) atoms. The van der Waals surface area contributed by atoms with Crippen LogP contribution in [0, 0.1) is 0 Å². The summed E-state index contributed by atoms with van der Waals surface area (Å²) < 4.78 is 16.2. The lowest BCUT2D eigenvalue weighted by Crippen LogP contribution is -2.29. The van der Waals surface area contributed by atoms with Crippen molar-refractivity contribution in [2.75, 3.05) is 13.9 Å². The van der Waals surface area contributed by atoms with Crippen molar-refractivity contribution in [2.45, 2.75) is 12.6 Å². The van der Waals surface area contributed by atoms with E-state index < -0.39 is 17.7 Å². The number of hydrogen-bond acceptors (Lipinski definition) is 7. The smallest absolute Gasteiger partial charge is 0.295 e. The van der Waals surface area contributed by atoms with Gasteiger partial charge in [-0.1, -0.05) is 18.2 Å². The summed E-state index contributed by atoms with van der Waals surface area (Å²) in [5.41, 5.74) is 1.82. The van der Waals surface area contributed by atoms with Crippen LogP contribution in [0.5, 0.6) is 17.2 Å². The van der Waals surface area contributed by atoms with Crippen LogP contribution in [0.15, 0.2) is 72.6 Å². The second-order valence-electron chi connectivity index (χ2n) is 7.63. The topological polar surface area (TPSA) is 98.2 Å². The molecule has 0 saturated carbocycles. The highest BCUT2D eigenvalue weighted by Gasteiger charge is 2.46. The fraction of sp³-hybridized carbons (Fsp3) is 0.160. The van der Waals surface area contributed by atoms with Crippen LogP contribution < -0.4 is 14.2 Å². The third-order valence-electron chi connectivity index (χ3n) is 5.69. The summed E-state index contributed by atoms with van der Waals surface area (Å²) in [5.74, 6) is 0.0810. The molecule has 0 spiro atoms. The number of benzene rings is 2. The molecule has 1 amide bonds. The van der Waals surface area contributed by atoms with Crippen molar-refractivity contribution in [3.63, 3.8) is 0 Å². The summed E-state index contributed by atoms with van der Waals surface area (Å²) >= 11 is 0. The van der Waals surface area contributed by atoms with Crippen molar-refractivity contribution in [1.29, 1.82) is 0 Å². The van der Waals surface area contributed by atoms with Gasteiger partial charge in [0.2, 0.25) is 6.79 Å². The molecule has 0 bridgehead atoms. The maximum atomic E-state index is 13.2. The number of hydrogen-bond donors (Lipinski definition) is 1. The van der Waals surface area contributed by atoms with Crippen LogP contribution in [0.1, 0.15) is 22.7 Å². The van der Waals surface area contributed by atoms with Gasteiger partial charge in [0.25, 0.3) is 11.7 Å². The molecule has 5 rings (SSSR count).